The van der Waals surface area contributed by atoms with Crippen LogP contribution in [0.5, 0.6) is 23.0 Å². The Balaban J connectivity index is 1.71. The standard InChI is InChI=1S/C19H16Br2O5/c20-7-13(11-3-1-5-15-18(11)25-9-23-15)17(22)14(8-21)12-4-2-6-16-19(12)26-10-24-16/h1-6,13-14H,7-10H2. The van der Waals surface area contributed by atoms with Crippen LogP contribution in [0.25, 0.3) is 0 Å². The smallest absolute Gasteiger partial charge is 0.231 e. The van der Waals surface area contributed by atoms with Crippen molar-refractivity contribution in [3.05, 3.63) is 47.5 Å². The van der Waals surface area contributed by atoms with Gasteiger partial charge in [-0.3, -0.25) is 4.79 Å². The van der Waals surface area contributed by atoms with E-state index in [-0.39, 0.29) is 31.2 Å². The molecule has 2 aliphatic heterocycles. The van der Waals surface area contributed by atoms with Gasteiger partial charge in [0.1, 0.15) is 5.78 Å². The van der Waals surface area contributed by atoms with Gasteiger partial charge in [-0.05, 0) is 12.1 Å². The molecule has 0 spiro atoms. The maximum atomic E-state index is 13.5. The fourth-order valence-electron chi connectivity index (χ4n) is 3.32. The van der Waals surface area contributed by atoms with E-state index in [4.69, 9.17) is 18.9 Å². The van der Waals surface area contributed by atoms with E-state index in [1.54, 1.807) is 0 Å². The molecule has 2 aromatic carbocycles. The maximum Gasteiger partial charge on any atom is 0.231 e. The Morgan fingerprint density at radius 1 is 0.808 bits per heavy atom. The summed E-state index contributed by atoms with van der Waals surface area (Å²) in [4.78, 5) is 13.5. The van der Waals surface area contributed by atoms with Crippen LogP contribution in [0.15, 0.2) is 36.4 Å². The molecule has 2 aliphatic rings. The van der Waals surface area contributed by atoms with Gasteiger partial charge < -0.3 is 18.9 Å². The lowest BCUT2D eigenvalue weighted by atomic mass is 9.85. The van der Waals surface area contributed by atoms with Crippen LogP contribution in [0.3, 0.4) is 0 Å². The molecule has 0 saturated heterocycles. The average Bonchev–Trinajstić information content (AvgIpc) is 3.32. The van der Waals surface area contributed by atoms with Crippen molar-refractivity contribution in [3.8, 4) is 23.0 Å². The van der Waals surface area contributed by atoms with Crippen LogP contribution in [-0.2, 0) is 4.79 Å². The number of carbonyl (C=O) groups excluding carboxylic acids is 1. The molecule has 2 heterocycles. The third-order valence-electron chi connectivity index (χ3n) is 4.60. The van der Waals surface area contributed by atoms with Crippen molar-refractivity contribution in [1.82, 2.24) is 0 Å². The number of ether oxygens (including phenoxy) is 4. The molecule has 5 nitrogen and oxygen atoms in total. The molecule has 26 heavy (non-hydrogen) atoms. The van der Waals surface area contributed by atoms with Crippen LogP contribution >= 0.6 is 31.9 Å². The molecule has 2 aromatic rings. The zero-order chi connectivity index (χ0) is 18.1. The molecule has 0 bridgehead atoms. The monoisotopic (exact) mass is 482 g/mol. The maximum absolute atomic E-state index is 13.5. The van der Waals surface area contributed by atoms with Crippen molar-refractivity contribution in [1.29, 1.82) is 0 Å². The summed E-state index contributed by atoms with van der Waals surface area (Å²) in [6, 6.07) is 11.3. The molecular weight excluding hydrogens is 468 g/mol. The minimum Gasteiger partial charge on any atom is -0.454 e. The number of carbonyl (C=O) groups is 1. The van der Waals surface area contributed by atoms with Crippen molar-refractivity contribution < 1.29 is 23.7 Å². The highest BCUT2D eigenvalue weighted by Gasteiger charge is 2.34. The van der Waals surface area contributed by atoms with Gasteiger partial charge in [0.05, 0.1) is 11.8 Å². The van der Waals surface area contributed by atoms with Crippen LogP contribution < -0.4 is 18.9 Å². The van der Waals surface area contributed by atoms with Gasteiger partial charge >= 0.3 is 0 Å². The molecule has 2 atom stereocenters. The summed E-state index contributed by atoms with van der Waals surface area (Å²) in [6.07, 6.45) is 0. The Kier molecular flexibility index (Phi) is 5.09. The van der Waals surface area contributed by atoms with Gasteiger partial charge in [-0.15, -0.1) is 0 Å². The summed E-state index contributed by atoms with van der Waals surface area (Å²) in [5.41, 5.74) is 1.66. The Bertz CT molecular complexity index is 771. The van der Waals surface area contributed by atoms with E-state index in [0.29, 0.717) is 33.7 Å². The number of para-hydroxylation sites is 2. The highest BCUT2D eigenvalue weighted by atomic mass is 79.9. The van der Waals surface area contributed by atoms with Crippen molar-refractivity contribution in [2.24, 2.45) is 0 Å². The first kappa shape index (κ1) is 17.7. The number of benzene rings is 2. The summed E-state index contributed by atoms with van der Waals surface area (Å²) in [5.74, 6) is 1.99. The molecule has 0 saturated carbocycles. The van der Waals surface area contributed by atoms with Crippen molar-refractivity contribution in [3.63, 3.8) is 0 Å². The third-order valence-corrected chi connectivity index (χ3v) is 5.90. The molecule has 2 unspecified atom stereocenters. The van der Waals surface area contributed by atoms with E-state index in [2.05, 4.69) is 31.9 Å². The van der Waals surface area contributed by atoms with E-state index in [9.17, 15) is 4.79 Å². The van der Waals surface area contributed by atoms with Crippen molar-refractivity contribution >= 4 is 37.6 Å². The Morgan fingerprint density at radius 3 is 1.69 bits per heavy atom. The minimum absolute atomic E-state index is 0.0755. The quantitative estimate of drug-likeness (QED) is 0.571. The summed E-state index contributed by atoms with van der Waals surface area (Å²) in [5, 5.41) is 0.975. The number of rotatable bonds is 6. The lowest BCUT2D eigenvalue weighted by Gasteiger charge is -2.22. The van der Waals surface area contributed by atoms with E-state index in [0.717, 1.165) is 11.1 Å². The second-order valence-corrected chi connectivity index (χ2v) is 7.27. The van der Waals surface area contributed by atoms with E-state index in [1.165, 1.54) is 0 Å². The van der Waals surface area contributed by atoms with Gasteiger partial charge in [0, 0.05) is 21.8 Å². The number of fused-ring (bicyclic) bond motifs is 2. The molecule has 7 heteroatoms. The molecule has 0 N–H and O–H groups in total. The number of Topliss-reactive ketones (excluding diaryl/α,β-unsaturated/α-hetero) is 1. The second kappa shape index (κ2) is 7.48. The number of hydrogen-bond donors (Lipinski definition) is 0. The molecule has 136 valence electrons. The first-order chi connectivity index (χ1) is 12.7. The minimum atomic E-state index is -0.368. The third kappa shape index (κ3) is 2.97. The molecular formula is C19H16Br2O5. The SMILES string of the molecule is O=C(C(CBr)c1cccc2c1OCO2)C(CBr)c1cccc2c1OCO2. The van der Waals surface area contributed by atoms with E-state index < -0.39 is 0 Å². The largest absolute Gasteiger partial charge is 0.454 e. The van der Waals surface area contributed by atoms with Gasteiger partial charge in [0.2, 0.25) is 13.6 Å². The number of ketones is 1. The van der Waals surface area contributed by atoms with Crippen LogP contribution in [-0.4, -0.2) is 30.0 Å². The first-order valence-electron chi connectivity index (χ1n) is 8.17. The molecule has 0 amide bonds. The molecule has 0 fully saturated rings. The topological polar surface area (TPSA) is 54.0 Å². The lowest BCUT2D eigenvalue weighted by Crippen LogP contribution is -2.23. The Morgan fingerprint density at radius 2 is 1.27 bits per heavy atom. The number of alkyl halides is 2. The van der Waals surface area contributed by atoms with E-state index >= 15 is 0 Å². The Hall–Kier alpha value is -1.73. The summed E-state index contributed by atoms with van der Waals surface area (Å²) in [7, 11) is 0. The summed E-state index contributed by atoms with van der Waals surface area (Å²) >= 11 is 7.01. The highest BCUT2D eigenvalue weighted by molar-refractivity contribution is 9.09. The Labute approximate surface area is 167 Å². The zero-order valence-corrected chi connectivity index (χ0v) is 16.9. The predicted molar refractivity (Wildman–Crippen MR) is 103 cm³/mol. The highest BCUT2D eigenvalue weighted by Crippen LogP contribution is 2.44. The molecule has 0 aromatic heterocycles. The normalized spacial score (nSPS) is 16.4. The van der Waals surface area contributed by atoms with Gasteiger partial charge in [0.25, 0.3) is 0 Å². The summed E-state index contributed by atoms with van der Waals surface area (Å²) in [6.45, 7) is 0.351. The van der Waals surface area contributed by atoms with Crippen LogP contribution in [0.2, 0.25) is 0 Å². The van der Waals surface area contributed by atoms with Crippen LogP contribution in [0.1, 0.15) is 23.0 Å². The fourth-order valence-corrected chi connectivity index (χ4v) is 4.66. The number of halogens is 2. The van der Waals surface area contributed by atoms with Gasteiger partial charge in [-0.1, -0.05) is 56.1 Å². The first-order valence-corrected chi connectivity index (χ1v) is 10.4. The zero-order valence-electron chi connectivity index (χ0n) is 13.7. The molecule has 0 aliphatic carbocycles. The van der Waals surface area contributed by atoms with E-state index in [1.807, 2.05) is 36.4 Å². The van der Waals surface area contributed by atoms with Crippen LogP contribution in [0, 0.1) is 0 Å². The molecule has 4 rings (SSSR count). The van der Waals surface area contributed by atoms with Gasteiger partial charge in [-0.2, -0.15) is 0 Å². The van der Waals surface area contributed by atoms with Crippen LogP contribution in [0.4, 0.5) is 0 Å². The van der Waals surface area contributed by atoms with Gasteiger partial charge in [-0.25, -0.2) is 0 Å². The number of hydrogen-bond acceptors (Lipinski definition) is 5. The van der Waals surface area contributed by atoms with Gasteiger partial charge in [0.15, 0.2) is 23.0 Å². The average molecular weight is 484 g/mol. The summed E-state index contributed by atoms with van der Waals surface area (Å²) < 4.78 is 22.1. The lowest BCUT2D eigenvalue weighted by molar-refractivity contribution is -0.121. The predicted octanol–water partition coefficient (Wildman–Crippen LogP) is 4.37. The van der Waals surface area contributed by atoms with Crippen molar-refractivity contribution in [2.45, 2.75) is 11.8 Å². The second-order valence-electron chi connectivity index (χ2n) is 5.98. The fraction of sp³-hybridized carbons (Fsp3) is 0.316. The molecule has 0 radical (unpaired) electrons. The van der Waals surface area contributed by atoms with Crippen molar-refractivity contribution in [2.75, 3.05) is 24.2 Å².